The lowest BCUT2D eigenvalue weighted by Gasteiger charge is -2.09. The van der Waals surface area contributed by atoms with Gasteiger partial charge in [-0.2, -0.15) is 0 Å². The van der Waals surface area contributed by atoms with Gasteiger partial charge in [0.15, 0.2) is 12.4 Å². The minimum Gasteiger partial charge on any atom is -0.454 e. The summed E-state index contributed by atoms with van der Waals surface area (Å²) in [5, 5.41) is 2.62. The number of hydrogen-bond acceptors (Lipinski definition) is 4. The number of carbonyl (C=O) groups excluding carboxylic acids is 3. The molecule has 2 rings (SSSR count). The predicted octanol–water partition coefficient (Wildman–Crippen LogP) is 3.13. The van der Waals surface area contributed by atoms with Crippen LogP contribution in [-0.2, 0) is 9.53 Å². The van der Waals surface area contributed by atoms with Crippen molar-refractivity contribution in [3.63, 3.8) is 0 Å². The lowest BCUT2D eigenvalue weighted by atomic mass is 10.1. The normalized spacial score (nSPS) is 10.1. The standard InChI is InChI=1S/C18H16FNO4/c1-11-3-4-14(9-16(11)20-12(2)21)18(23)24-10-17(22)13-5-7-15(19)8-6-13/h3-9H,10H2,1-2H3,(H,20,21). The van der Waals surface area contributed by atoms with E-state index in [-0.39, 0.29) is 17.0 Å². The summed E-state index contributed by atoms with van der Waals surface area (Å²) >= 11 is 0. The number of nitrogens with one attached hydrogen (secondary N) is 1. The monoisotopic (exact) mass is 329 g/mol. The SMILES string of the molecule is CC(=O)Nc1cc(C(=O)OCC(=O)c2ccc(F)cc2)ccc1C. The molecule has 124 valence electrons. The Balaban J connectivity index is 2.03. The molecule has 2 aromatic rings. The Morgan fingerprint density at radius 2 is 1.67 bits per heavy atom. The third-order valence-corrected chi connectivity index (χ3v) is 3.28. The molecule has 0 saturated carbocycles. The molecule has 0 fully saturated rings. The zero-order valence-corrected chi connectivity index (χ0v) is 13.3. The Labute approximate surface area is 138 Å². The second kappa shape index (κ2) is 7.50. The molecule has 0 aliphatic carbocycles. The molecule has 1 amide bonds. The van der Waals surface area contributed by atoms with Gasteiger partial charge in [0, 0.05) is 18.2 Å². The van der Waals surface area contributed by atoms with Gasteiger partial charge < -0.3 is 10.1 Å². The summed E-state index contributed by atoms with van der Waals surface area (Å²) < 4.78 is 17.8. The first-order valence-electron chi connectivity index (χ1n) is 7.21. The van der Waals surface area contributed by atoms with Gasteiger partial charge in [0.2, 0.25) is 5.91 Å². The van der Waals surface area contributed by atoms with E-state index < -0.39 is 24.2 Å². The largest absolute Gasteiger partial charge is 0.454 e. The maximum absolute atomic E-state index is 12.8. The Hall–Kier alpha value is -3.02. The number of amides is 1. The van der Waals surface area contributed by atoms with Gasteiger partial charge in [-0.05, 0) is 48.9 Å². The molecule has 0 bridgehead atoms. The van der Waals surface area contributed by atoms with Gasteiger partial charge in [-0.15, -0.1) is 0 Å². The Kier molecular flexibility index (Phi) is 5.42. The van der Waals surface area contributed by atoms with Crippen LogP contribution in [0.1, 0.15) is 33.2 Å². The summed E-state index contributed by atoms with van der Waals surface area (Å²) in [7, 11) is 0. The molecule has 0 radical (unpaired) electrons. The maximum atomic E-state index is 12.8. The molecule has 0 aromatic heterocycles. The van der Waals surface area contributed by atoms with Crippen LogP contribution in [0, 0.1) is 12.7 Å². The maximum Gasteiger partial charge on any atom is 0.338 e. The number of Topliss-reactive ketones (excluding diaryl/α,β-unsaturated/α-hetero) is 1. The van der Waals surface area contributed by atoms with Crippen LogP contribution in [0.3, 0.4) is 0 Å². The van der Waals surface area contributed by atoms with Crippen LogP contribution in [0.4, 0.5) is 10.1 Å². The summed E-state index contributed by atoms with van der Waals surface area (Å²) in [4.78, 5) is 35.1. The van der Waals surface area contributed by atoms with E-state index in [2.05, 4.69) is 5.32 Å². The molecular formula is C18H16FNO4. The molecule has 6 heteroatoms. The van der Waals surface area contributed by atoms with E-state index >= 15 is 0 Å². The fraction of sp³-hybridized carbons (Fsp3) is 0.167. The van der Waals surface area contributed by atoms with E-state index in [4.69, 9.17) is 4.74 Å². The van der Waals surface area contributed by atoms with E-state index in [1.54, 1.807) is 19.1 Å². The fourth-order valence-electron chi connectivity index (χ4n) is 2.01. The summed E-state index contributed by atoms with van der Waals surface area (Å²) in [5.41, 5.74) is 1.77. The number of ketones is 1. The quantitative estimate of drug-likeness (QED) is 0.676. The number of rotatable bonds is 5. The average molecular weight is 329 g/mol. The molecule has 0 spiro atoms. The van der Waals surface area contributed by atoms with E-state index in [9.17, 15) is 18.8 Å². The highest BCUT2D eigenvalue weighted by atomic mass is 19.1. The number of esters is 1. The fourth-order valence-corrected chi connectivity index (χ4v) is 2.01. The molecule has 0 aliphatic rings. The number of anilines is 1. The van der Waals surface area contributed by atoms with Crippen molar-refractivity contribution in [2.75, 3.05) is 11.9 Å². The van der Waals surface area contributed by atoms with Crippen molar-refractivity contribution in [3.8, 4) is 0 Å². The zero-order valence-electron chi connectivity index (χ0n) is 13.3. The van der Waals surface area contributed by atoms with Gasteiger partial charge in [-0.25, -0.2) is 9.18 Å². The summed E-state index contributed by atoms with van der Waals surface area (Å²) in [6, 6.07) is 9.68. The molecular weight excluding hydrogens is 313 g/mol. The molecule has 0 aliphatic heterocycles. The first-order chi connectivity index (χ1) is 11.4. The summed E-state index contributed by atoms with van der Waals surface area (Å²) in [6.07, 6.45) is 0. The van der Waals surface area contributed by atoms with Gasteiger partial charge in [0.25, 0.3) is 0 Å². The van der Waals surface area contributed by atoms with Gasteiger partial charge in [-0.3, -0.25) is 9.59 Å². The Morgan fingerprint density at radius 3 is 2.29 bits per heavy atom. The Bertz CT molecular complexity index is 784. The minimum atomic E-state index is -0.683. The first-order valence-corrected chi connectivity index (χ1v) is 7.21. The first kappa shape index (κ1) is 17.3. The number of halogens is 1. The molecule has 0 heterocycles. The number of hydrogen-bond donors (Lipinski definition) is 1. The number of ether oxygens (including phenoxy) is 1. The summed E-state index contributed by atoms with van der Waals surface area (Å²) in [6.45, 7) is 2.71. The number of benzene rings is 2. The molecule has 0 unspecified atom stereocenters. The van der Waals surface area contributed by atoms with Crippen LogP contribution in [0.15, 0.2) is 42.5 Å². The highest BCUT2D eigenvalue weighted by Gasteiger charge is 2.13. The van der Waals surface area contributed by atoms with E-state index in [0.29, 0.717) is 5.69 Å². The second-order valence-corrected chi connectivity index (χ2v) is 5.22. The van der Waals surface area contributed by atoms with Crippen LogP contribution in [0.25, 0.3) is 0 Å². The zero-order chi connectivity index (χ0) is 17.7. The molecule has 24 heavy (non-hydrogen) atoms. The van der Waals surface area contributed by atoms with Crippen molar-refractivity contribution >= 4 is 23.3 Å². The van der Waals surface area contributed by atoms with E-state index in [1.807, 2.05) is 0 Å². The molecule has 5 nitrogen and oxygen atoms in total. The van der Waals surface area contributed by atoms with Gasteiger partial charge in [0.1, 0.15) is 5.82 Å². The van der Waals surface area contributed by atoms with Crippen molar-refractivity contribution in [1.29, 1.82) is 0 Å². The topological polar surface area (TPSA) is 72.5 Å². The van der Waals surface area contributed by atoms with Gasteiger partial charge >= 0.3 is 5.97 Å². The Morgan fingerprint density at radius 1 is 1.04 bits per heavy atom. The predicted molar refractivity (Wildman–Crippen MR) is 86.5 cm³/mol. The van der Waals surface area contributed by atoms with Gasteiger partial charge in [0.05, 0.1) is 5.56 Å². The van der Waals surface area contributed by atoms with Gasteiger partial charge in [-0.1, -0.05) is 6.07 Å². The van der Waals surface area contributed by atoms with Crippen molar-refractivity contribution in [2.24, 2.45) is 0 Å². The highest BCUT2D eigenvalue weighted by molar-refractivity contribution is 6.00. The lowest BCUT2D eigenvalue weighted by Crippen LogP contribution is -2.15. The minimum absolute atomic E-state index is 0.219. The van der Waals surface area contributed by atoms with Crippen LogP contribution in [0.2, 0.25) is 0 Å². The van der Waals surface area contributed by atoms with Crippen LogP contribution in [-0.4, -0.2) is 24.3 Å². The lowest BCUT2D eigenvalue weighted by molar-refractivity contribution is -0.114. The highest BCUT2D eigenvalue weighted by Crippen LogP contribution is 2.17. The summed E-state index contributed by atoms with van der Waals surface area (Å²) in [5.74, 6) is -1.82. The van der Waals surface area contributed by atoms with Crippen LogP contribution < -0.4 is 5.32 Å². The molecule has 1 N–H and O–H groups in total. The molecule has 2 aromatic carbocycles. The van der Waals surface area contributed by atoms with E-state index in [1.165, 1.54) is 25.1 Å². The number of carbonyl (C=O) groups is 3. The number of aryl methyl sites for hydroxylation is 1. The third kappa shape index (κ3) is 4.49. The van der Waals surface area contributed by atoms with E-state index in [0.717, 1.165) is 17.7 Å². The van der Waals surface area contributed by atoms with Crippen molar-refractivity contribution in [3.05, 3.63) is 65.0 Å². The third-order valence-electron chi connectivity index (χ3n) is 3.28. The van der Waals surface area contributed by atoms with Crippen molar-refractivity contribution in [1.82, 2.24) is 0 Å². The molecule has 0 saturated heterocycles. The van der Waals surface area contributed by atoms with Crippen molar-refractivity contribution in [2.45, 2.75) is 13.8 Å². The second-order valence-electron chi connectivity index (χ2n) is 5.22. The van der Waals surface area contributed by atoms with Crippen LogP contribution in [0.5, 0.6) is 0 Å². The smallest absolute Gasteiger partial charge is 0.338 e. The molecule has 0 atom stereocenters. The van der Waals surface area contributed by atoms with Crippen molar-refractivity contribution < 1.29 is 23.5 Å². The average Bonchev–Trinajstić information content (AvgIpc) is 2.54. The van der Waals surface area contributed by atoms with Crippen LogP contribution >= 0.6 is 0 Å².